The molecule has 0 aliphatic heterocycles. The van der Waals surface area contributed by atoms with Crippen LogP contribution in [0.2, 0.25) is 0 Å². The zero-order valence-corrected chi connectivity index (χ0v) is 11.4. The van der Waals surface area contributed by atoms with Crippen LogP contribution >= 0.6 is 11.8 Å². The van der Waals surface area contributed by atoms with Gasteiger partial charge in [-0.05, 0) is 18.4 Å². The molecule has 0 saturated carbocycles. The maximum atomic E-state index is 11.0. The van der Waals surface area contributed by atoms with Crippen molar-refractivity contribution in [2.45, 2.75) is 5.16 Å². The van der Waals surface area contributed by atoms with Gasteiger partial charge < -0.3 is 10.1 Å². The molecule has 0 fully saturated rings. The Labute approximate surface area is 115 Å². The molecule has 1 heterocycles. The Morgan fingerprint density at radius 3 is 2.84 bits per heavy atom. The Morgan fingerprint density at radius 2 is 2.16 bits per heavy atom. The van der Waals surface area contributed by atoms with Crippen molar-refractivity contribution >= 4 is 29.6 Å². The lowest BCUT2D eigenvalue weighted by molar-refractivity contribution is 0.112. The molecule has 2 aromatic rings. The van der Waals surface area contributed by atoms with E-state index in [1.54, 1.807) is 7.11 Å². The van der Waals surface area contributed by atoms with Crippen LogP contribution in [0.3, 0.4) is 0 Å². The van der Waals surface area contributed by atoms with Crippen LogP contribution in [0.4, 0.5) is 11.5 Å². The first-order chi connectivity index (χ1) is 9.28. The molecule has 0 aliphatic carbocycles. The quantitative estimate of drug-likeness (QED) is 0.514. The normalized spacial score (nSPS) is 10.0. The number of thioether (sulfide) groups is 1. The summed E-state index contributed by atoms with van der Waals surface area (Å²) in [5.41, 5.74) is 1.16. The summed E-state index contributed by atoms with van der Waals surface area (Å²) in [6, 6.07) is 7.44. The van der Waals surface area contributed by atoms with Gasteiger partial charge in [0, 0.05) is 6.20 Å². The number of ether oxygens (including phenoxy) is 1. The molecule has 98 valence electrons. The smallest absolute Gasteiger partial charge is 0.189 e. The van der Waals surface area contributed by atoms with Crippen LogP contribution in [0.15, 0.2) is 35.6 Å². The summed E-state index contributed by atoms with van der Waals surface area (Å²) in [6.07, 6.45) is 4.11. The molecule has 1 aromatic heterocycles. The number of aromatic nitrogens is 2. The highest BCUT2D eigenvalue weighted by Gasteiger charge is 2.09. The predicted octanol–water partition coefficient (Wildman–Crippen LogP) is 2.76. The Balaban J connectivity index is 2.39. The molecule has 1 N–H and O–H groups in total. The van der Waals surface area contributed by atoms with Crippen LogP contribution in [-0.4, -0.2) is 29.6 Å². The summed E-state index contributed by atoms with van der Waals surface area (Å²) < 4.78 is 5.25. The van der Waals surface area contributed by atoms with E-state index >= 15 is 0 Å². The second-order valence-electron chi connectivity index (χ2n) is 3.60. The van der Waals surface area contributed by atoms with E-state index in [-0.39, 0.29) is 0 Å². The SMILES string of the molecule is COc1ccccc1Nc1nc(SC)ncc1C=O. The van der Waals surface area contributed by atoms with Gasteiger partial charge in [-0.3, -0.25) is 4.79 Å². The van der Waals surface area contributed by atoms with Crippen LogP contribution in [0.1, 0.15) is 10.4 Å². The van der Waals surface area contributed by atoms with Crippen molar-refractivity contribution in [3.05, 3.63) is 36.0 Å². The minimum Gasteiger partial charge on any atom is -0.495 e. The second kappa shape index (κ2) is 6.19. The third kappa shape index (κ3) is 3.03. The van der Waals surface area contributed by atoms with Crippen molar-refractivity contribution in [3.63, 3.8) is 0 Å². The van der Waals surface area contributed by atoms with Crippen molar-refractivity contribution in [2.24, 2.45) is 0 Å². The van der Waals surface area contributed by atoms with Gasteiger partial charge >= 0.3 is 0 Å². The zero-order valence-electron chi connectivity index (χ0n) is 10.6. The molecule has 0 bridgehead atoms. The Kier molecular flexibility index (Phi) is 4.35. The Morgan fingerprint density at radius 1 is 1.37 bits per heavy atom. The van der Waals surface area contributed by atoms with Gasteiger partial charge in [-0.25, -0.2) is 9.97 Å². The van der Waals surface area contributed by atoms with E-state index < -0.39 is 0 Å². The molecular weight excluding hydrogens is 262 g/mol. The number of para-hydroxylation sites is 2. The highest BCUT2D eigenvalue weighted by atomic mass is 32.2. The number of anilines is 2. The van der Waals surface area contributed by atoms with Gasteiger partial charge in [0.15, 0.2) is 11.4 Å². The number of hydrogen-bond donors (Lipinski definition) is 1. The van der Waals surface area contributed by atoms with Crippen LogP contribution < -0.4 is 10.1 Å². The van der Waals surface area contributed by atoms with Crippen molar-refractivity contribution in [3.8, 4) is 5.75 Å². The summed E-state index contributed by atoms with van der Waals surface area (Å²) in [6.45, 7) is 0. The summed E-state index contributed by atoms with van der Waals surface area (Å²) in [5.74, 6) is 1.16. The van der Waals surface area contributed by atoms with Gasteiger partial charge in [0.2, 0.25) is 0 Å². The highest BCUT2D eigenvalue weighted by Crippen LogP contribution is 2.27. The highest BCUT2D eigenvalue weighted by molar-refractivity contribution is 7.98. The zero-order chi connectivity index (χ0) is 13.7. The average molecular weight is 275 g/mol. The number of nitrogens with one attached hydrogen (secondary N) is 1. The van der Waals surface area contributed by atoms with Gasteiger partial charge in [-0.2, -0.15) is 0 Å². The molecular formula is C13H13N3O2S. The van der Waals surface area contributed by atoms with Gasteiger partial charge in [0.1, 0.15) is 11.6 Å². The van der Waals surface area contributed by atoms with Crippen LogP contribution in [0.5, 0.6) is 5.75 Å². The van der Waals surface area contributed by atoms with E-state index in [4.69, 9.17) is 4.74 Å². The van der Waals surface area contributed by atoms with Crippen molar-refractivity contribution in [1.82, 2.24) is 9.97 Å². The van der Waals surface area contributed by atoms with Crippen molar-refractivity contribution in [2.75, 3.05) is 18.7 Å². The van der Waals surface area contributed by atoms with Gasteiger partial charge in [-0.1, -0.05) is 23.9 Å². The van der Waals surface area contributed by atoms with Crippen LogP contribution in [-0.2, 0) is 0 Å². The average Bonchev–Trinajstić information content (AvgIpc) is 2.47. The van der Waals surface area contributed by atoms with Crippen molar-refractivity contribution in [1.29, 1.82) is 0 Å². The van der Waals surface area contributed by atoms with E-state index in [2.05, 4.69) is 15.3 Å². The summed E-state index contributed by atoms with van der Waals surface area (Å²) in [4.78, 5) is 19.4. The Bertz CT molecular complexity index is 590. The molecule has 0 aliphatic rings. The number of carbonyl (C=O) groups excluding carboxylic acids is 1. The molecule has 0 spiro atoms. The van der Waals surface area contributed by atoms with E-state index in [1.807, 2.05) is 30.5 Å². The van der Waals surface area contributed by atoms with Crippen LogP contribution in [0.25, 0.3) is 0 Å². The Hall–Kier alpha value is -2.08. The number of nitrogens with zero attached hydrogens (tertiary/aromatic N) is 2. The van der Waals surface area contributed by atoms with E-state index in [1.165, 1.54) is 18.0 Å². The number of methoxy groups -OCH3 is 1. The molecule has 5 nitrogen and oxygen atoms in total. The summed E-state index contributed by atoms with van der Waals surface area (Å²) in [7, 11) is 1.59. The number of hydrogen-bond acceptors (Lipinski definition) is 6. The monoisotopic (exact) mass is 275 g/mol. The lowest BCUT2D eigenvalue weighted by atomic mass is 10.2. The maximum absolute atomic E-state index is 11.0. The third-order valence-electron chi connectivity index (χ3n) is 2.46. The molecule has 0 amide bonds. The lowest BCUT2D eigenvalue weighted by Gasteiger charge is -2.11. The summed E-state index contributed by atoms with van der Waals surface area (Å²) >= 11 is 1.41. The largest absolute Gasteiger partial charge is 0.495 e. The molecule has 6 heteroatoms. The first-order valence-electron chi connectivity index (χ1n) is 5.54. The number of benzene rings is 1. The van der Waals surface area contributed by atoms with Crippen LogP contribution in [0, 0.1) is 0 Å². The van der Waals surface area contributed by atoms with E-state index in [9.17, 15) is 4.79 Å². The fourth-order valence-electron chi connectivity index (χ4n) is 1.54. The third-order valence-corrected chi connectivity index (χ3v) is 3.03. The summed E-state index contributed by atoms with van der Waals surface area (Å²) in [5, 5.41) is 3.70. The predicted molar refractivity (Wildman–Crippen MR) is 75.5 cm³/mol. The molecule has 0 unspecified atom stereocenters. The first-order valence-corrected chi connectivity index (χ1v) is 6.77. The molecule has 0 saturated heterocycles. The number of rotatable bonds is 5. The molecule has 1 aromatic carbocycles. The van der Waals surface area contributed by atoms with Crippen molar-refractivity contribution < 1.29 is 9.53 Å². The fourth-order valence-corrected chi connectivity index (χ4v) is 1.88. The lowest BCUT2D eigenvalue weighted by Crippen LogP contribution is -2.02. The molecule has 0 radical (unpaired) electrons. The van der Waals surface area contributed by atoms with Gasteiger partial charge in [0.05, 0.1) is 18.4 Å². The standard InChI is InChI=1S/C13H13N3O2S/c1-18-11-6-4-3-5-10(11)15-12-9(8-17)7-14-13(16-12)19-2/h3-8H,1-2H3,(H,14,15,16). The molecule has 19 heavy (non-hydrogen) atoms. The maximum Gasteiger partial charge on any atom is 0.189 e. The number of carbonyl (C=O) groups is 1. The van der Waals surface area contributed by atoms with Gasteiger partial charge in [-0.15, -0.1) is 0 Å². The fraction of sp³-hybridized carbons (Fsp3) is 0.154. The van der Waals surface area contributed by atoms with E-state index in [0.29, 0.717) is 22.3 Å². The topological polar surface area (TPSA) is 64.1 Å². The second-order valence-corrected chi connectivity index (χ2v) is 4.38. The molecule has 2 rings (SSSR count). The minimum atomic E-state index is 0.406. The van der Waals surface area contributed by atoms with Gasteiger partial charge in [0.25, 0.3) is 0 Å². The molecule has 0 atom stereocenters. The first kappa shape index (κ1) is 13.4. The minimum absolute atomic E-state index is 0.406. The number of aldehydes is 1. The van der Waals surface area contributed by atoms with E-state index in [0.717, 1.165) is 12.0 Å².